The van der Waals surface area contributed by atoms with E-state index in [2.05, 4.69) is 0 Å². The van der Waals surface area contributed by atoms with Crippen molar-refractivity contribution in [3.05, 3.63) is 101 Å². The number of nitrogens with zero attached hydrogens (tertiary/aromatic N) is 1. The molecule has 0 atom stereocenters. The van der Waals surface area contributed by atoms with Gasteiger partial charge in [0.25, 0.3) is 0 Å². The Hall–Kier alpha value is -3.75. The number of aryl methyl sites for hydroxylation is 1. The average molecular weight is 507 g/mol. The molecule has 3 aromatic rings. The molecule has 0 heterocycles. The summed E-state index contributed by atoms with van der Waals surface area (Å²) in [7, 11) is 1.47. The van der Waals surface area contributed by atoms with Crippen LogP contribution in [0.5, 0.6) is 5.75 Å². The average Bonchev–Trinajstić information content (AvgIpc) is 2.81. The lowest BCUT2D eigenvalue weighted by atomic mass is 10.1. The number of alkyl halides is 6. The van der Waals surface area contributed by atoms with E-state index in [0.29, 0.717) is 16.9 Å². The van der Waals surface area contributed by atoms with Crippen LogP contribution in [0.1, 0.15) is 34.2 Å². The van der Waals surface area contributed by atoms with E-state index in [1.54, 1.807) is 24.3 Å². The lowest BCUT2D eigenvalue weighted by molar-refractivity contribution is -0.138. The zero-order valence-electron chi connectivity index (χ0n) is 19.5. The molecule has 0 aliphatic rings. The van der Waals surface area contributed by atoms with Crippen LogP contribution in [0.2, 0.25) is 0 Å². The third-order valence-corrected chi connectivity index (χ3v) is 5.29. The molecule has 0 aliphatic carbocycles. The number of carbonyl (C=O) groups excluding carboxylic acids is 1. The topological polar surface area (TPSA) is 29.5 Å². The van der Waals surface area contributed by atoms with Crippen molar-refractivity contribution in [1.82, 2.24) is 0 Å². The number of ether oxygens (including phenoxy) is 1. The van der Waals surface area contributed by atoms with Gasteiger partial charge in [-0.3, -0.25) is 4.79 Å². The second-order valence-corrected chi connectivity index (χ2v) is 8.12. The van der Waals surface area contributed by atoms with Gasteiger partial charge in [-0.25, -0.2) is 0 Å². The van der Waals surface area contributed by atoms with Crippen LogP contribution in [-0.2, 0) is 23.7 Å². The van der Waals surface area contributed by atoms with Gasteiger partial charge in [0.1, 0.15) is 5.75 Å². The molecular formula is C27H23F6NO2. The predicted octanol–water partition coefficient (Wildman–Crippen LogP) is 7.68. The normalized spacial score (nSPS) is 12.1. The first-order valence-corrected chi connectivity index (χ1v) is 10.8. The van der Waals surface area contributed by atoms with Gasteiger partial charge in [0.15, 0.2) is 0 Å². The molecule has 3 rings (SSSR count). The molecule has 3 nitrogen and oxygen atoms in total. The molecular weight excluding hydrogens is 484 g/mol. The SMILES string of the molecule is COc1cccc(CN(C(=O)C/C=C/c2cc(C)cc(C(F)(F)F)c2)c2cccc(C(F)(F)F)c2)c1. The Kier molecular flexibility index (Phi) is 8.12. The van der Waals surface area contributed by atoms with Gasteiger partial charge in [-0.15, -0.1) is 0 Å². The maximum Gasteiger partial charge on any atom is 0.416 e. The summed E-state index contributed by atoms with van der Waals surface area (Å²) in [5, 5.41) is 0. The summed E-state index contributed by atoms with van der Waals surface area (Å²) in [5.41, 5.74) is -0.387. The first-order chi connectivity index (χ1) is 16.9. The van der Waals surface area contributed by atoms with Crippen molar-refractivity contribution in [2.75, 3.05) is 12.0 Å². The highest BCUT2D eigenvalue weighted by Gasteiger charge is 2.32. The highest BCUT2D eigenvalue weighted by Crippen LogP contribution is 2.33. The Morgan fingerprint density at radius 3 is 2.25 bits per heavy atom. The van der Waals surface area contributed by atoms with Crippen LogP contribution < -0.4 is 9.64 Å². The number of amides is 1. The summed E-state index contributed by atoms with van der Waals surface area (Å²) in [5.74, 6) is -0.0131. The summed E-state index contributed by atoms with van der Waals surface area (Å²) >= 11 is 0. The Labute approximate surface area is 204 Å². The molecule has 0 saturated heterocycles. The van der Waals surface area contributed by atoms with Crippen molar-refractivity contribution in [1.29, 1.82) is 0 Å². The van der Waals surface area contributed by atoms with Crippen molar-refractivity contribution in [2.45, 2.75) is 32.2 Å². The van der Waals surface area contributed by atoms with Gasteiger partial charge < -0.3 is 9.64 Å². The molecule has 0 N–H and O–H groups in total. The van der Waals surface area contributed by atoms with E-state index in [4.69, 9.17) is 4.74 Å². The number of hydrogen-bond donors (Lipinski definition) is 0. The van der Waals surface area contributed by atoms with E-state index in [9.17, 15) is 31.1 Å². The Balaban J connectivity index is 1.89. The number of rotatable bonds is 7. The van der Waals surface area contributed by atoms with Gasteiger partial charge in [-0.05, 0) is 66.1 Å². The van der Waals surface area contributed by atoms with Gasteiger partial charge in [0, 0.05) is 12.1 Å². The van der Waals surface area contributed by atoms with Crippen LogP contribution in [0.25, 0.3) is 6.08 Å². The van der Waals surface area contributed by atoms with E-state index in [1.807, 2.05) is 0 Å². The molecule has 0 saturated carbocycles. The fraction of sp³-hybridized carbons (Fsp3) is 0.222. The molecule has 0 fully saturated rings. The summed E-state index contributed by atoms with van der Waals surface area (Å²) in [6.45, 7) is 1.50. The number of halogens is 6. The molecule has 0 bridgehead atoms. The summed E-state index contributed by atoms with van der Waals surface area (Å²) in [6, 6.07) is 14.7. The van der Waals surface area contributed by atoms with Crippen LogP contribution in [0.3, 0.4) is 0 Å². The third kappa shape index (κ3) is 7.13. The molecule has 190 valence electrons. The molecule has 0 aromatic heterocycles. The fourth-order valence-electron chi connectivity index (χ4n) is 3.61. The summed E-state index contributed by atoms with van der Waals surface area (Å²) in [4.78, 5) is 14.3. The van der Waals surface area contributed by atoms with Crippen molar-refractivity contribution >= 4 is 17.7 Å². The number of hydrogen-bond acceptors (Lipinski definition) is 2. The van der Waals surface area contributed by atoms with Crippen molar-refractivity contribution in [2.24, 2.45) is 0 Å². The van der Waals surface area contributed by atoms with Gasteiger partial charge in [-0.2, -0.15) is 26.3 Å². The third-order valence-electron chi connectivity index (χ3n) is 5.29. The fourth-order valence-corrected chi connectivity index (χ4v) is 3.61. The minimum Gasteiger partial charge on any atom is -0.497 e. The molecule has 3 aromatic carbocycles. The zero-order valence-corrected chi connectivity index (χ0v) is 19.5. The Bertz CT molecular complexity index is 1250. The molecule has 9 heteroatoms. The first-order valence-electron chi connectivity index (χ1n) is 10.8. The molecule has 0 radical (unpaired) electrons. The smallest absolute Gasteiger partial charge is 0.416 e. The quantitative estimate of drug-likeness (QED) is 0.307. The number of methoxy groups -OCH3 is 1. The Morgan fingerprint density at radius 1 is 0.889 bits per heavy atom. The number of anilines is 1. The van der Waals surface area contributed by atoms with E-state index in [0.717, 1.165) is 24.3 Å². The highest BCUT2D eigenvalue weighted by molar-refractivity contribution is 5.94. The van der Waals surface area contributed by atoms with Gasteiger partial charge in [-0.1, -0.05) is 36.4 Å². The Morgan fingerprint density at radius 2 is 1.58 bits per heavy atom. The molecule has 0 unspecified atom stereocenters. The van der Waals surface area contributed by atoms with Crippen LogP contribution in [0, 0.1) is 6.92 Å². The van der Waals surface area contributed by atoms with Gasteiger partial charge in [0.05, 0.1) is 24.8 Å². The van der Waals surface area contributed by atoms with E-state index >= 15 is 0 Å². The molecule has 36 heavy (non-hydrogen) atoms. The highest BCUT2D eigenvalue weighted by atomic mass is 19.4. The number of carbonyl (C=O) groups is 1. The maximum atomic E-state index is 13.3. The number of benzene rings is 3. The minimum atomic E-state index is -4.60. The molecule has 0 aliphatic heterocycles. The van der Waals surface area contributed by atoms with Crippen LogP contribution >= 0.6 is 0 Å². The van der Waals surface area contributed by atoms with Gasteiger partial charge >= 0.3 is 12.4 Å². The van der Waals surface area contributed by atoms with E-state index < -0.39 is 29.4 Å². The van der Waals surface area contributed by atoms with E-state index in [-0.39, 0.29) is 24.2 Å². The van der Waals surface area contributed by atoms with Gasteiger partial charge in [0.2, 0.25) is 5.91 Å². The largest absolute Gasteiger partial charge is 0.497 e. The summed E-state index contributed by atoms with van der Waals surface area (Å²) in [6.07, 6.45) is -6.57. The monoisotopic (exact) mass is 507 g/mol. The van der Waals surface area contributed by atoms with Crippen molar-refractivity contribution in [3.63, 3.8) is 0 Å². The second-order valence-electron chi connectivity index (χ2n) is 8.12. The second kappa shape index (κ2) is 10.9. The molecule has 1 amide bonds. The lowest BCUT2D eigenvalue weighted by Crippen LogP contribution is -2.30. The maximum absolute atomic E-state index is 13.3. The molecule has 0 spiro atoms. The first kappa shape index (κ1) is 26.8. The standard InChI is InChI=1S/C27H23F6NO2/c1-18-12-19(14-22(13-18)27(31,32)33)6-4-11-25(35)34(17-20-7-3-10-24(15-20)36-2)23-9-5-8-21(16-23)26(28,29)30/h3-10,12-16H,11,17H2,1-2H3/b6-4+. The summed E-state index contributed by atoms with van der Waals surface area (Å²) < 4.78 is 84.3. The van der Waals surface area contributed by atoms with Crippen LogP contribution in [-0.4, -0.2) is 13.0 Å². The van der Waals surface area contributed by atoms with E-state index in [1.165, 1.54) is 49.3 Å². The minimum absolute atomic E-state index is 0.0339. The predicted molar refractivity (Wildman–Crippen MR) is 125 cm³/mol. The van der Waals surface area contributed by atoms with Crippen LogP contribution in [0.15, 0.2) is 72.8 Å². The van der Waals surface area contributed by atoms with Crippen LogP contribution in [0.4, 0.5) is 32.0 Å². The van der Waals surface area contributed by atoms with Crippen molar-refractivity contribution < 1.29 is 35.9 Å². The lowest BCUT2D eigenvalue weighted by Gasteiger charge is -2.24. The zero-order chi connectivity index (χ0) is 26.5. The van der Waals surface area contributed by atoms with Crippen molar-refractivity contribution in [3.8, 4) is 5.75 Å².